The molecule has 7 nitrogen and oxygen atoms in total. The van der Waals surface area contributed by atoms with Gasteiger partial charge in [0.1, 0.15) is 5.75 Å². The van der Waals surface area contributed by atoms with Crippen LogP contribution < -0.4 is 10.2 Å². The van der Waals surface area contributed by atoms with Crippen molar-refractivity contribution in [2.45, 2.75) is 6.10 Å². The van der Waals surface area contributed by atoms with E-state index in [2.05, 4.69) is 5.32 Å². The summed E-state index contributed by atoms with van der Waals surface area (Å²) in [6, 6.07) is 5.44. The first kappa shape index (κ1) is 13.8. The molecule has 1 rings (SSSR count). The number of aliphatic hydroxyl groups is 1. The Morgan fingerprint density at radius 3 is 2.67 bits per heavy atom. The summed E-state index contributed by atoms with van der Waals surface area (Å²) in [6.07, 6.45) is -1.65. The molecule has 0 spiro atoms. The molecule has 7 heteroatoms. The number of carbonyl (C=O) groups excluding carboxylic acids is 1. The highest BCUT2D eigenvalue weighted by Gasteiger charge is 2.16. The Labute approximate surface area is 103 Å². The van der Waals surface area contributed by atoms with Gasteiger partial charge in [0.2, 0.25) is 0 Å². The van der Waals surface area contributed by atoms with Gasteiger partial charge in [-0.25, -0.2) is 9.59 Å². The van der Waals surface area contributed by atoms with Gasteiger partial charge in [-0.3, -0.25) is 4.90 Å². The molecule has 0 aliphatic rings. The third-order valence-electron chi connectivity index (χ3n) is 2.25. The fourth-order valence-electron chi connectivity index (χ4n) is 1.21. The zero-order chi connectivity index (χ0) is 13.7. The van der Waals surface area contributed by atoms with Gasteiger partial charge in [0, 0.05) is 18.8 Å². The van der Waals surface area contributed by atoms with Crippen LogP contribution in [0.2, 0.25) is 0 Å². The van der Waals surface area contributed by atoms with Gasteiger partial charge in [0.05, 0.1) is 6.54 Å². The van der Waals surface area contributed by atoms with E-state index < -0.39 is 24.6 Å². The molecule has 4 N–H and O–H groups in total. The molecule has 0 unspecified atom stereocenters. The van der Waals surface area contributed by atoms with E-state index in [1.165, 1.54) is 24.1 Å². The van der Waals surface area contributed by atoms with Gasteiger partial charge in [0.25, 0.3) is 0 Å². The van der Waals surface area contributed by atoms with Gasteiger partial charge < -0.3 is 20.6 Å². The van der Waals surface area contributed by atoms with Crippen LogP contribution in [0.15, 0.2) is 24.3 Å². The van der Waals surface area contributed by atoms with Crippen LogP contribution in [0.3, 0.4) is 0 Å². The maximum Gasteiger partial charge on any atom is 0.334 e. The summed E-state index contributed by atoms with van der Waals surface area (Å²) in [4.78, 5) is 23.1. The second-order valence-electron chi connectivity index (χ2n) is 3.62. The molecule has 0 aliphatic carbocycles. The monoisotopic (exact) mass is 254 g/mol. The molecule has 0 heterocycles. The number of amides is 2. The number of aliphatic carboxylic acids is 1. The predicted molar refractivity (Wildman–Crippen MR) is 63.6 cm³/mol. The number of carbonyl (C=O) groups is 2. The van der Waals surface area contributed by atoms with Crippen LogP contribution in [-0.2, 0) is 4.79 Å². The standard InChI is InChI=1S/C11H14N2O5/c1-13(7-3-2-4-8(14)5-7)11(18)12-6-9(15)10(16)17/h2-5,9,14-15H,6H2,1H3,(H,12,18)(H,16,17)/t9-/m0/s1. The summed E-state index contributed by atoms with van der Waals surface area (Å²) in [6.45, 7) is -0.392. The van der Waals surface area contributed by atoms with Gasteiger partial charge in [-0.2, -0.15) is 0 Å². The Morgan fingerprint density at radius 1 is 1.44 bits per heavy atom. The van der Waals surface area contributed by atoms with E-state index in [4.69, 9.17) is 10.2 Å². The van der Waals surface area contributed by atoms with Gasteiger partial charge in [-0.15, -0.1) is 0 Å². The topological polar surface area (TPSA) is 110 Å². The van der Waals surface area contributed by atoms with E-state index in [1.807, 2.05) is 0 Å². The van der Waals surface area contributed by atoms with Crippen LogP contribution in [-0.4, -0.2) is 47.0 Å². The highest BCUT2D eigenvalue weighted by molar-refractivity contribution is 5.91. The summed E-state index contributed by atoms with van der Waals surface area (Å²) in [5, 5.41) is 29.0. The third kappa shape index (κ3) is 3.63. The maximum absolute atomic E-state index is 11.6. The number of nitrogens with one attached hydrogen (secondary N) is 1. The van der Waals surface area contributed by atoms with Crippen molar-refractivity contribution in [3.05, 3.63) is 24.3 Å². The number of urea groups is 1. The minimum atomic E-state index is -1.65. The summed E-state index contributed by atoms with van der Waals surface area (Å²) in [5.74, 6) is -1.40. The van der Waals surface area contributed by atoms with Crippen molar-refractivity contribution in [2.24, 2.45) is 0 Å². The SMILES string of the molecule is CN(C(=O)NC[C@H](O)C(=O)O)c1cccc(O)c1. The molecule has 0 saturated carbocycles. The van der Waals surface area contributed by atoms with Crippen molar-refractivity contribution in [1.82, 2.24) is 5.32 Å². The van der Waals surface area contributed by atoms with Crippen molar-refractivity contribution in [3.63, 3.8) is 0 Å². The predicted octanol–water partition coefficient (Wildman–Crippen LogP) is -0.0165. The Bertz CT molecular complexity index is 449. The molecule has 0 fully saturated rings. The summed E-state index contributed by atoms with van der Waals surface area (Å²) >= 11 is 0. The number of nitrogens with zero attached hydrogens (tertiary/aromatic N) is 1. The van der Waals surface area contributed by atoms with Crippen molar-refractivity contribution in [1.29, 1.82) is 0 Å². The summed E-state index contributed by atoms with van der Waals surface area (Å²) in [7, 11) is 1.46. The lowest BCUT2D eigenvalue weighted by Gasteiger charge is -2.18. The van der Waals surface area contributed by atoms with Crippen molar-refractivity contribution in [3.8, 4) is 5.75 Å². The Hall–Kier alpha value is -2.28. The quantitative estimate of drug-likeness (QED) is 0.603. The highest BCUT2D eigenvalue weighted by Crippen LogP contribution is 2.18. The molecule has 0 bridgehead atoms. The second-order valence-corrected chi connectivity index (χ2v) is 3.62. The molecule has 98 valence electrons. The lowest BCUT2D eigenvalue weighted by Crippen LogP contribution is -2.43. The third-order valence-corrected chi connectivity index (χ3v) is 2.25. The number of carboxylic acids is 1. The number of benzene rings is 1. The number of phenols is 1. The van der Waals surface area contributed by atoms with Crippen LogP contribution in [0.25, 0.3) is 0 Å². The first-order chi connectivity index (χ1) is 8.41. The van der Waals surface area contributed by atoms with Crippen molar-refractivity contribution in [2.75, 3.05) is 18.5 Å². The van der Waals surface area contributed by atoms with Crippen LogP contribution in [0.4, 0.5) is 10.5 Å². The molecular weight excluding hydrogens is 240 g/mol. The van der Waals surface area contributed by atoms with Gasteiger partial charge in [-0.05, 0) is 12.1 Å². The Kier molecular flexibility index (Phi) is 4.50. The van der Waals surface area contributed by atoms with Crippen LogP contribution in [0.1, 0.15) is 0 Å². The average molecular weight is 254 g/mol. The number of hydrogen-bond acceptors (Lipinski definition) is 4. The number of rotatable bonds is 4. The van der Waals surface area contributed by atoms with Gasteiger partial charge in [-0.1, -0.05) is 6.07 Å². The molecule has 18 heavy (non-hydrogen) atoms. The molecule has 0 aliphatic heterocycles. The van der Waals surface area contributed by atoms with Crippen molar-refractivity contribution < 1.29 is 24.9 Å². The van der Waals surface area contributed by atoms with E-state index in [9.17, 15) is 14.7 Å². The smallest absolute Gasteiger partial charge is 0.334 e. The van der Waals surface area contributed by atoms with Crippen LogP contribution in [0.5, 0.6) is 5.75 Å². The first-order valence-electron chi connectivity index (χ1n) is 5.13. The number of carboxylic acid groups (broad SMARTS) is 1. The maximum atomic E-state index is 11.6. The van der Waals surface area contributed by atoms with E-state index >= 15 is 0 Å². The summed E-state index contributed by atoms with van der Waals surface area (Å²) < 4.78 is 0. The molecule has 0 saturated heterocycles. The molecule has 1 aromatic rings. The first-order valence-corrected chi connectivity index (χ1v) is 5.13. The lowest BCUT2D eigenvalue weighted by atomic mass is 10.3. The van der Waals surface area contributed by atoms with E-state index in [1.54, 1.807) is 12.1 Å². The van der Waals surface area contributed by atoms with Gasteiger partial charge in [0.15, 0.2) is 6.10 Å². The van der Waals surface area contributed by atoms with E-state index in [-0.39, 0.29) is 5.75 Å². The lowest BCUT2D eigenvalue weighted by molar-refractivity contribution is -0.146. The minimum absolute atomic E-state index is 0.0118. The molecule has 1 aromatic carbocycles. The fraction of sp³-hybridized carbons (Fsp3) is 0.273. The zero-order valence-electron chi connectivity index (χ0n) is 9.70. The number of aromatic hydroxyl groups is 1. The minimum Gasteiger partial charge on any atom is -0.508 e. The molecule has 0 aromatic heterocycles. The van der Waals surface area contributed by atoms with Gasteiger partial charge >= 0.3 is 12.0 Å². The molecule has 0 radical (unpaired) electrons. The van der Waals surface area contributed by atoms with Crippen LogP contribution in [0, 0.1) is 0 Å². The zero-order valence-corrected chi connectivity index (χ0v) is 9.70. The number of anilines is 1. The Morgan fingerprint density at radius 2 is 2.11 bits per heavy atom. The van der Waals surface area contributed by atoms with E-state index in [0.717, 1.165) is 0 Å². The summed E-state index contributed by atoms with van der Waals surface area (Å²) in [5.41, 5.74) is 0.442. The van der Waals surface area contributed by atoms with Crippen molar-refractivity contribution >= 4 is 17.7 Å². The van der Waals surface area contributed by atoms with E-state index in [0.29, 0.717) is 5.69 Å². The molecule has 1 atom stereocenters. The fourth-order valence-corrected chi connectivity index (χ4v) is 1.21. The molecular formula is C11H14N2O5. The normalized spacial score (nSPS) is 11.7. The highest BCUT2D eigenvalue weighted by atomic mass is 16.4. The second kappa shape index (κ2) is 5.87. The molecule has 2 amide bonds. The largest absolute Gasteiger partial charge is 0.508 e. The number of hydrogen-bond donors (Lipinski definition) is 4. The number of aliphatic hydroxyl groups excluding tert-OH is 1. The Balaban J connectivity index is 2.59. The number of phenolic OH excluding ortho intramolecular Hbond substituents is 1. The average Bonchev–Trinajstić information content (AvgIpc) is 2.34. The van der Waals surface area contributed by atoms with Crippen LogP contribution >= 0.6 is 0 Å².